The van der Waals surface area contributed by atoms with Gasteiger partial charge in [0, 0.05) is 12.6 Å². The maximum atomic E-state index is 14.4. The number of hydrogen-bond donors (Lipinski definition) is 1. The Labute approximate surface area is 146 Å². The third-order valence-corrected chi connectivity index (χ3v) is 3.61. The monoisotopic (exact) mass is 367 g/mol. The zero-order valence-corrected chi connectivity index (χ0v) is 13.3. The lowest BCUT2D eigenvalue weighted by Gasteiger charge is -2.23. The molecule has 0 aromatic heterocycles. The highest BCUT2D eigenvalue weighted by atomic mass is 19.4. The zero-order chi connectivity index (χ0) is 19.5. The number of nitro groups is 1. The molecule has 2 aromatic carbocycles. The van der Waals surface area contributed by atoms with Crippen molar-refractivity contribution in [3.05, 3.63) is 63.5 Å². The molecule has 0 spiro atoms. The zero-order valence-electron chi connectivity index (χ0n) is 13.3. The molecular weight excluding hydrogens is 354 g/mol. The first-order valence-corrected chi connectivity index (χ1v) is 7.22. The SMILES string of the molecule is C#CCN(Cc1ccc(C(F)(F)F)cc1)c1ccc([N+](=O)[O-])c(N)c1F. The first-order chi connectivity index (χ1) is 12.1. The van der Waals surface area contributed by atoms with E-state index in [0.29, 0.717) is 5.56 Å². The van der Waals surface area contributed by atoms with Crippen molar-refractivity contribution in [2.75, 3.05) is 17.2 Å². The van der Waals surface area contributed by atoms with Gasteiger partial charge >= 0.3 is 6.18 Å². The van der Waals surface area contributed by atoms with Crippen LogP contribution in [0, 0.1) is 28.3 Å². The topological polar surface area (TPSA) is 72.4 Å². The summed E-state index contributed by atoms with van der Waals surface area (Å²) >= 11 is 0. The van der Waals surface area contributed by atoms with E-state index in [1.54, 1.807) is 0 Å². The van der Waals surface area contributed by atoms with Gasteiger partial charge in [-0.05, 0) is 23.8 Å². The smallest absolute Gasteiger partial charge is 0.391 e. The Kier molecular flexibility index (Phi) is 5.35. The molecule has 2 rings (SSSR count). The molecule has 2 N–H and O–H groups in total. The predicted octanol–water partition coefficient (Wildman–Crippen LogP) is 3.97. The molecule has 26 heavy (non-hydrogen) atoms. The van der Waals surface area contributed by atoms with Gasteiger partial charge in [0.1, 0.15) is 5.69 Å². The van der Waals surface area contributed by atoms with E-state index < -0.39 is 33.9 Å². The maximum absolute atomic E-state index is 14.4. The first kappa shape index (κ1) is 19.1. The fraction of sp³-hybridized carbons (Fsp3) is 0.176. The summed E-state index contributed by atoms with van der Waals surface area (Å²) in [7, 11) is 0. The van der Waals surface area contributed by atoms with Gasteiger partial charge in [-0.2, -0.15) is 13.2 Å². The highest BCUT2D eigenvalue weighted by Crippen LogP contribution is 2.33. The fourth-order valence-corrected chi connectivity index (χ4v) is 2.33. The number of halogens is 4. The number of nitrogens with zero attached hydrogens (tertiary/aromatic N) is 2. The van der Waals surface area contributed by atoms with E-state index in [-0.39, 0.29) is 18.8 Å². The molecule has 0 aliphatic rings. The van der Waals surface area contributed by atoms with Crippen LogP contribution >= 0.6 is 0 Å². The molecule has 2 aromatic rings. The molecule has 0 atom stereocenters. The van der Waals surface area contributed by atoms with Gasteiger partial charge in [-0.3, -0.25) is 10.1 Å². The molecule has 0 bridgehead atoms. The summed E-state index contributed by atoms with van der Waals surface area (Å²) in [5, 5.41) is 10.8. The van der Waals surface area contributed by atoms with Crippen LogP contribution in [0.3, 0.4) is 0 Å². The molecule has 0 unspecified atom stereocenters. The molecule has 136 valence electrons. The van der Waals surface area contributed by atoms with Crippen LogP contribution in [0.5, 0.6) is 0 Å². The molecule has 9 heteroatoms. The molecule has 0 aliphatic carbocycles. The first-order valence-electron chi connectivity index (χ1n) is 7.22. The van der Waals surface area contributed by atoms with Crippen molar-refractivity contribution in [1.29, 1.82) is 0 Å². The van der Waals surface area contributed by atoms with Gasteiger partial charge in [0.15, 0.2) is 5.82 Å². The molecule has 0 amide bonds. The van der Waals surface area contributed by atoms with Crippen LogP contribution in [0.4, 0.5) is 34.6 Å². The molecule has 0 saturated carbocycles. The average molecular weight is 367 g/mol. The average Bonchev–Trinajstić information content (AvgIpc) is 2.56. The van der Waals surface area contributed by atoms with Gasteiger partial charge in [0.05, 0.1) is 22.7 Å². The van der Waals surface area contributed by atoms with Gasteiger partial charge in [-0.1, -0.05) is 18.1 Å². The van der Waals surface area contributed by atoms with E-state index in [2.05, 4.69) is 5.92 Å². The van der Waals surface area contributed by atoms with Crippen molar-refractivity contribution < 1.29 is 22.5 Å². The third kappa shape index (κ3) is 4.03. The minimum atomic E-state index is -4.46. The Balaban J connectivity index is 2.34. The molecule has 0 fully saturated rings. The lowest BCUT2D eigenvalue weighted by Crippen LogP contribution is -2.24. The van der Waals surface area contributed by atoms with Crippen LogP contribution in [-0.2, 0) is 12.7 Å². The summed E-state index contributed by atoms with van der Waals surface area (Å²) in [5.41, 5.74) is 3.80. The van der Waals surface area contributed by atoms with Crippen molar-refractivity contribution in [2.45, 2.75) is 12.7 Å². The number of anilines is 2. The number of benzene rings is 2. The Bertz CT molecular complexity index is 858. The molecule has 0 aliphatic heterocycles. The summed E-state index contributed by atoms with van der Waals surface area (Å²) in [6.07, 6.45) is 0.803. The Morgan fingerprint density at radius 1 is 1.19 bits per heavy atom. The van der Waals surface area contributed by atoms with E-state index in [4.69, 9.17) is 12.2 Å². The highest BCUT2D eigenvalue weighted by Gasteiger charge is 2.30. The number of alkyl halides is 3. The Morgan fingerprint density at radius 2 is 1.81 bits per heavy atom. The van der Waals surface area contributed by atoms with Crippen molar-refractivity contribution in [2.24, 2.45) is 0 Å². The molecular formula is C17H13F4N3O2. The van der Waals surface area contributed by atoms with Crippen molar-refractivity contribution in [3.8, 4) is 12.3 Å². The van der Waals surface area contributed by atoms with Gasteiger partial charge < -0.3 is 10.6 Å². The summed E-state index contributed by atoms with van der Waals surface area (Å²) in [4.78, 5) is 11.3. The number of nitrogen functional groups attached to an aromatic ring is 1. The standard InChI is InChI=1S/C17H13F4N3O2/c1-2-9-23(10-11-3-5-12(6-4-11)17(19,20)21)13-7-8-14(24(25)26)16(22)15(13)18/h1,3-8H,9-10,22H2. The van der Waals surface area contributed by atoms with Crippen LogP contribution in [-0.4, -0.2) is 11.5 Å². The molecule has 0 heterocycles. The van der Waals surface area contributed by atoms with Crippen LogP contribution in [0.15, 0.2) is 36.4 Å². The number of nitro benzene ring substituents is 1. The summed E-state index contributed by atoms with van der Waals surface area (Å²) in [6, 6.07) is 6.52. The summed E-state index contributed by atoms with van der Waals surface area (Å²) in [6.45, 7) is -0.0777. The fourth-order valence-electron chi connectivity index (χ4n) is 2.33. The number of terminal acetylenes is 1. The largest absolute Gasteiger partial charge is 0.416 e. The lowest BCUT2D eigenvalue weighted by atomic mass is 10.1. The van der Waals surface area contributed by atoms with E-state index in [1.165, 1.54) is 17.0 Å². The van der Waals surface area contributed by atoms with Crippen molar-refractivity contribution in [3.63, 3.8) is 0 Å². The quantitative estimate of drug-likeness (QED) is 0.285. The second kappa shape index (κ2) is 7.31. The van der Waals surface area contributed by atoms with E-state index in [0.717, 1.165) is 24.3 Å². The van der Waals surface area contributed by atoms with Crippen molar-refractivity contribution >= 4 is 17.1 Å². The number of rotatable bonds is 5. The van der Waals surface area contributed by atoms with Gasteiger partial charge in [0.25, 0.3) is 5.69 Å². The summed E-state index contributed by atoms with van der Waals surface area (Å²) in [5.74, 6) is 1.30. The van der Waals surface area contributed by atoms with Crippen LogP contribution in [0.1, 0.15) is 11.1 Å². The highest BCUT2D eigenvalue weighted by molar-refractivity contribution is 5.68. The minimum absolute atomic E-state index is 0.00346. The molecule has 5 nitrogen and oxygen atoms in total. The van der Waals surface area contributed by atoms with Crippen LogP contribution < -0.4 is 10.6 Å². The predicted molar refractivity (Wildman–Crippen MR) is 88.8 cm³/mol. The third-order valence-electron chi connectivity index (χ3n) is 3.61. The maximum Gasteiger partial charge on any atom is 0.416 e. The molecule has 0 saturated heterocycles. The normalized spacial score (nSPS) is 11.0. The Hall–Kier alpha value is -3.28. The molecule has 0 radical (unpaired) electrons. The lowest BCUT2D eigenvalue weighted by molar-refractivity contribution is -0.384. The van der Waals surface area contributed by atoms with E-state index >= 15 is 0 Å². The number of hydrogen-bond acceptors (Lipinski definition) is 4. The van der Waals surface area contributed by atoms with Crippen LogP contribution in [0.25, 0.3) is 0 Å². The van der Waals surface area contributed by atoms with Gasteiger partial charge in [0.2, 0.25) is 0 Å². The van der Waals surface area contributed by atoms with Gasteiger partial charge in [-0.15, -0.1) is 6.42 Å². The van der Waals surface area contributed by atoms with E-state index in [9.17, 15) is 27.7 Å². The number of nitrogens with two attached hydrogens (primary N) is 1. The second-order valence-corrected chi connectivity index (χ2v) is 5.34. The van der Waals surface area contributed by atoms with Crippen molar-refractivity contribution in [1.82, 2.24) is 0 Å². The minimum Gasteiger partial charge on any atom is -0.391 e. The van der Waals surface area contributed by atoms with Crippen LogP contribution in [0.2, 0.25) is 0 Å². The van der Waals surface area contributed by atoms with E-state index in [1.807, 2.05) is 0 Å². The Morgan fingerprint density at radius 3 is 2.31 bits per heavy atom. The summed E-state index contributed by atoms with van der Waals surface area (Å²) < 4.78 is 52.3. The van der Waals surface area contributed by atoms with Gasteiger partial charge in [-0.25, -0.2) is 4.39 Å². The second-order valence-electron chi connectivity index (χ2n) is 5.34.